The number of hydrogen-bond donors (Lipinski definition) is 0. The van der Waals surface area contributed by atoms with Gasteiger partial charge in [-0.2, -0.15) is 0 Å². The Morgan fingerprint density at radius 2 is 2.06 bits per heavy atom. The predicted octanol–water partition coefficient (Wildman–Crippen LogP) is 3.86. The van der Waals surface area contributed by atoms with Crippen molar-refractivity contribution in [3.8, 4) is 0 Å². The molecule has 3 aliphatic rings. The van der Waals surface area contributed by atoms with E-state index in [1.807, 2.05) is 0 Å². The molecule has 0 bridgehead atoms. The van der Waals surface area contributed by atoms with Crippen LogP contribution in [-0.4, -0.2) is 12.2 Å². The molecule has 0 radical (unpaired) electrons. The third-order valence-electron chi connectivity index (χ3n) is 5.15. The smallest absolute Gasteiger partial charge is 0.0953 e. The molecule has 0 aromatic heterocycles. The average molecular weight is 218 g/mol. The molecular weight excluding hydrogens is 196 g/mol. The van der Waals surface area contributed by atoms with Crippen molar-refractivity contribution in [3.05, 3.63) is 23.3 Å². The highest BCUT2D eigenvalue weighted by Gasteiger charge is 2.47. The second-order valence-electron chi connectivity index (χ2n) is 6.35. The molecule has 1 aliphatic heterocycles. The highest BCUT2D eigenvalue weighted by molar-refractivity contribution is 5.29. The summed E-state index contributed by atoms with van der Waals surface area (Å²) < 4.78 is 5.56. The Morgan fingerprint density at radius 1 is 1.31 bits per heavy atom. The van der Waals surface area contributed by atoms with Crippen LogP contribution in [0.3, 0.4) is 0 Å². The minimum absolute atomic E-state index is 0.286. The Morgan fingerprint density at radius 3 is 2.50 bits per heavy atom. The van der Waals surface area contributed by atoms with Gasteiger partial charge in [-0.1, -0.05) is 37.1 Å². The molecule has 0 saturated carbocycles. The molecule has 1 saturated heterocycles. The number of hydrogen-bond acceptors (Lipinski definition) is 1. The maximum atomic E-state index is 5.56. The standard InChI is InChI=1S/C15H22O/c1-11-4-5-13(14(11,2)3)12-6-8-15(9-7-12)10-16-15/h4,6,13H,5,7-10H2,1-3H3. The van der Waals surface area contributed by atoms with E-state index < -0.39 is 0 Å². The molecule has 88 valence electrons. The van der Waals surface area contributed by atoms with E-state index in [0.717, 1.165) is 18.9 Å². The molecule has 1 nitrogen and oxygen atoms in total. The molecule has 1 fully saturated rings. The Bertz CT molecular complexity index is 369. The monoisotopic (exact) mass is 218 g/mol. The lowest BCUT2D eigenvalue weighted by molar-refractivity contribution is 0.263. The SMILES string of the molecule is CC1=CCC(C2=CCC3(CC2)CO3)C1(C)C. The van der Waals surface area contributed by atoms with Crippen molar-refractivity contribution in [2.45, 2.75) is 52.1 Å². The second-order valence-corrected chi connectivity index (χ2v) is 6.35. The predicted molar refractivity (Wildman–Crippen MR) is 66.3 cm³/mol. The third-order valence-corrected chi connectivity index (χ3v) is 5.15. The van der Waals surface area contributed by atoms with Crippen LogP contribution in [0.5, 0.6) is 0 Å². The Labute approximate surface area is 98.6 Å². The first kappa shape index (κ1) is 10.6. The molecule has 0 aromatic rings. The highest BCUT2D eigenvalue weighted by Crippen LogP contribution is 2.51. The van der Waals surface area contributed by atoms with Crippen LogP contribution in [0.25, 0.3) is 0 Å². The Balaban J connectivity index is 1.77. The van der Waals surface area contributed by atoms with Crippen LogP contribution >= 0.6 is 0 Å². The summed E-state index contributed by atoms with van der Waals surface area (Å²) in [5, 5.41) is 0. The zero-order valence-electron chi connectivity index (χ0n) is 10.7. The van der Waals surface area contributed by atoms with Gasteiger partial charge in [-0.15, -0.1) is 0 Å². The molecule has 2 aliphatic carbocycles. The quantitative estimate of drug-likeness (QED) is 0.481. The van der Waals surface area contributed by atoms with Gasteiger partial charge >= 0.3 is 0 Å². The first-order valence-corrected chi connectivity index (χ1v) is 6.54. The molecule has 3 rings (SSSR count). The van der Waals surface area contributed by atoms with Crippen LogP contribution < -0.4 is 0 Å². The summed E-state index contributed by atoms with van der Waals surface area (Å²) in [6.45, 7) is 8.08. The summed E-state index contributed by atoms with van der Waals surface area (Å²) in [5.74, 6) is 0.753. The molecule has 1 heterocycles. The summed E-state index contributed by atoms with van der Waals surface area (Å²) in [5.41, 5.74) is 3.93. The first-order chi connectivity index (χ1) is 7.54. The molecule has 0 amide bonds. The number of ether oxygens (including phenoxy) is 1. The van der Waals surface area contributed by atoms with E-state index in [1.165, 1.54) is 19.3 Å². The zero-order chi connectivity index (χ0) is 11.4. The lowest BCUT2D eigenvalue weighted by atomic mass is 9.71. The fourth-order valence-electron chi connectivity index (χ4n) is 3.32. The fourth-order valence-corrected chi connectivity index (χ4v) is 3.32. The van der Waals surface area contributed by atoms with E-state index in [9.17, 15) is 0 Å². The third kappa shape index (κ3) is 1.48. The lowest BCUT2D eigenvalue weighted by Crippen LogP contribution is -2.25. The van der Waals surface area contributed by atoms with Gasteiger partial charge in [0.05, 0.1) is 12.2 Å². The number of rotatable bonds is 1. The number of allylic oxidation sites excluding steroid dienone is 3. The number of epoxide rings is 1. The van der Waals surface area contributed by atoms with Gasteiger partial charge in [0.2, 0.25) is 0 Å². The second kappa shape index (κ2) is 3.22. The molecule has 16 heavy (non-hydrogen) atoms. The van der Waals surface area contributed by atoms with Crippen molar-refractivity contribution >= 4 is 0 Å². The zero-order valence-corrected chi connectivity index (χ0v) is 10.7. The van der Waals surface area contributed by atoms with Gasteiger partial charge in [-0.3, -0.25) is 0 Å². The van der Waals surface area contributed by atoms with Crippen molar-refractivity contribution in [1.29, 1.82) is 0 Å². The van der Waals surface area contributed by atoms with Crippen LogP contribution in [-0.2, 0) is 4.74 Å². The van der Waals surface area contributed by atoms with E-state index >= 15 is 0 Å². The van der Waals surface area contributed by atoms with Gasteiger partial charge in [-0.05, 0) is 43.9 Å². The van der Waals surface area contributed by atoms with Crippen molar-refractivity contribution in [3.63, 3.8) is 0 Å². The Kier molecular flexibility index (Phi) is 2.13. The van der Waals surface area contributed by atoms with Crippen molar-refractivity contribution in [1.82, 2.24) is 0 Å². The maximum Gasteiger partial charge on any atom is 0.0953 e. The maximum absolute atomic E-state index is 5.56. The van der Waals surface area contributed by atoms with Crippen LogP contribution in [0.4, 0.5) is 0 Å². The van der Waals surface area contributed by atoms with Crippen molar-refractivity contribution < 1.29 is 4.74 Å². The van der Waals surface area contributed by atoms with E-state index in [-0.39, 0.29) is 5.60 Å². The van der Waals surface area contributed by atoms with Gasteiger partial charge in [0, 0.05) is 0 Å². The fraction of sp³-hybridized carbons (Fsp3) is 0.733. The largest absolute Gasteiger partial charge is 0.369 e. The van der Waals surface area contributed by atoms with Crippen molar-refractivity contribution in [2.24, 2.45) is 11.3 Å². The lowest BCUT2D eigenvalue weighted by Gasteiger charge is -2.34. The van der Waals surface area contributed by atoms with E-state index in [1.54, 1.807) is 11.1 Å². The summed E-state index contributed by atoms with van der Waals surface area (Å²) in [6.07, 6.45) is 9.84. The normalized spacial score (nSPS) is 40.8. The first-order valence-electron chi connectivity index (χ1n) is 6.54. The van der Waals surface area contributed by atoms with Crippen molar-refractivity contribution in [2.75, 3.05) is 6.61 Å². The summed E-state index contributed by atoms with van der Waals surface area (Å²) in [6, 6.07) is 0. The minimum atomic E-state index is 0.286. The molecule has 2 unspecified atom stereocenters. The van der Waals surface area contributed by atoms with E-state index in [0.29, 0.717) is 5.41 Å². The van der Waals surface area contributed by atoms with Gasteiger partial charge < -0.3 is 4.74 Å². The molecule has 0 aromatic carbocycles. The van der Waals surface area contributed by atoms with Gasteiger partial charge in [-0.25, -0.2) is 0 Å². The molecular formula is C15H22O. The van der Waals surface area contributed by atoms with Crippen LogP contribution in [0.15, 0.2) is 23.3 Å². The van der Waals surface area contributed by atoms with Gasteiger partial charge in [0.15, 0.2) is 0 Å². The van der Waals surface area contributed by atoms with Crippen LogP contribution in [0.2, 0.25) is 0 Å². The van der Waals surface area contributed by atoms with Gasteiger partial charge in [0.1, 0.15) is 0 Å². The average Bonchev–Trinajstić information content (AvgIpc) is 2.94. The van der Waals surface area contributed by atoms with Crippen LogP contribution in [0, 0.1) is 11.3 Å². The summed E-state index contributed by atoms with van der Waals surface area (Å²) >= 11 is 0. The Hall–Kier alpha value is -0.560. The topological polar surface area (TPSA) is 12.5 Å². The molecule has 0 N–H and O–H groups in total. The summed E-state index contributed by atoms with van der Waals surface area (Å²) in [7, 11) is 0. The minimum Gasteiger partial charge on any atom is -0.369 e. The van der Waals surface area contributed by atoms with E-state index in [2.05, 4.69) is 32.9 Å². The summed E-state index contributed by atoms with van der Waals surface area (Å²) in [4.78, 5) is 0. The van der Waals surface area contributed by atoms with Crippen LogP contribution in [0.1, 0.15) is 46.5 Å². The van der Waals surface area contributed by atoms with Gasteiger partial charge in [0.25, 0.3) is 0 Å². The highest BCUT2D eigenvalue weighted by atomic mass is 16.6. The van der Waals surface area contributed by atoms with E-state index in [4.69, 9.17) is 4.74 Å². The molecule has 1 heteroatoms. The molecule has 1 spiro atoms. The molecule has 2 atom stereocenters.